The number of carbonyl (C=O) groups is 1. The van der Waals surface area contributed by atoms with Crippen LogP contribution in [0.1, 0.15) is 18.9 Å². The Hall–Kier alpha value is -1.59. The summed E-state index contributed by atoms with van der Waals surface area (Å²) in [5.74, 6) is -0.452. The molecule has 19 heavy (non-hydrogen) atoms. The van der Waals surface area contributed by atoms with Gasteiger partial charge in [-0.25, -0.2) is 0 Å². The van der Waals surface area contributed by atoms with Crippen molar-refractivity contribution in [2.45, 2.75) is 32.1 Å². The minimum Gasteiger partial charge on any atom is -0.371 e. The van der Waals surface area contributed by atoms with E-state index in [0.717, 1.165) is 11.3 Å². The molecule has 1 rings (SSSR count). The number of aryl methyl sites for hydroxylation is 1. The number of primary amides is 1. The Bertz CT molecular complexity index is 415. The standard InChI is InChI=1S/C14H22N2O3/c1-10-5-7-11(8-6-10)16-14(2,13(15)17)9-12(18-3)19-4/h5-8,12,16H,9H2,1-4H3,(H2,15,17). The molecule has 0 aliphatic rings. The smallest absolute Gasteiger partial charge is 0.243 e. The molecule has 0 spiro atoms. The zero-order valence-corrected chi connectivity index (χ0v) is 11.9. The highest BCUT2D eigenvalue weighted by Gasteiger charge is 2.34. The second-order valence-corrected chi connectivity index (χ2v) is 4.79. The first-order chi connectivity index (χ1) is 8.91. The first-order valence-electron chi connectivity index (χ1n) is 6.11. The molecule has 0 saturated carbocycles. The van der Waals surface area contributed by atoms with Gasteiger partial charge in [-0.1, -0.05) is 17.7 Å². The lowest BCUT2D eigenvalue weighted by Gasteiger charge is -2.31. The highest BCUT2D eigenvalue weighted by Crippen LogP contribution is 2.21. The van der Waals surface area contributed by atoms with Gasteiger partial charge in [-0.05, 0) is 26.0 Å². The molecule has 0 aromatic heterocycles. The summed E-state index contributed by atoms with van der Waals surface area (Å²) in [7, 11) is 3.06. The lowest BCUT2D eigenvalue weighted by atomic mass is 9.95. The Balaban J connectivity index is 2.87. The number of nitrogens with one attached hydrogen (secondary N) is 1. The van der Waals surface area contributed by atoms with Crippen LogP contribution in [0.4, 0.5) is 5.69 Å². The average molecular weight is 266 g/mol. The first kappa shape index (κ1) is 15.5. The SMILES string of the molecule is COC(CC(C)(Nc1ccc(C)cc1)C(N)=O)OC. The fourth-order valence-electron chi connectivity index (χ4n) is 1.76. The predicted octanol–water partition coefficient (Wildman–Crippen LogP) is 1.66. The van der Waals surface area contributed by atoms with Crippen molar-refractivity contribution >= 4 is 11.6 Å². The number of rotatable bonds is 7. The van der Waals surface area contributed by atoms with Crippen molar-refractivity contribution in [3.8, 4) is 0 Å². The van der Waals surface area contributed by atoms with Crippen molar-refractivity contribution in [1.82, 2.24) is 0 Å². The van der Waals surface area contributed by atoms with E-state index < -0.39 is 17.7 Å². The highest BCUT2D eigenvalue weighted by molar-refractivity contribution is 5.87. The first-order valence-corrected chi connectivity index (χ1v) is 6.11. The number of nitrogens with two attached hydrogens (primary N) is 1. The molecule has 3 N–H and O–H groups in total. The van der Waals surface area contributed by atoms with Crippen LogP contribution in [-0.4, -0.2) is 32.0 Å². The van der Waals surface area contributed by atoms with E-state index in [-0.39, 0.29) is 0 Å². The fourth-order valence-corrected chi connectivity index (χ4v) is 1.76. The molecule has 1 unspecified atom stereocenters. The maximum atomic E-state index is 11.7. The van der Waals surface area contributed by atoms with E-state index in [1.807, 2.05) is 31.2 Å². The maximum Gasteiger partial charge on any atom is 0.243 e. The fraction of sp³-hybridized carbons (Fsp3) is 0.500. The second-order valence-electron chi connectivity index (χ2n) is 4.79. The second kappa shape index (κ2) is 6.54. The van der Waals surface area contributed by atoms with Gasteiger partial charge < -0.3 is 20.5 Å². The molecule has 1 atom stereocenters. The summed E-state index contributed by atoms with van der Waals surface area (Å²) in [5.41, 5.74) is 6.54. The molecular formula is C14H22N2O3. The van der Waals surface area contributed by atoms with Crippen molar-refractivity contribution < 1.29 is 14.3 Å². The Morgan fingerprint density at radius 3 is 2.26 bits per heavy atom. The molecule has 0 aliphatic carbocycles. The number of amides is 1. The summed E-state index contributed by atoms with van der Waals surface area (Å²) < 4.78 is 10.3. The van der Waals surface area contributed by atoms with Gasteiger partial charge in [0.15, 0.2) is 6.29 Å². The number of carbonyl (C=O) groups excluding carboxylic acids is 1. The molecular weight excluding hydrogens is 244 g/mol. The average Bonchev–Trinajstić information content (AvgIpc) is 2.38. The lowest BCUT2D eigenvalue weighted by Crippen LogP contribution is -2.50. The largest absolute Gasteiger partial charge is 0.371 e. The quantitative estimate of drug-likeness (QED) is 0.736. The van der Waals surface area contributed by atoms with Crippen LogP contribution < -0.4 is 11.1 Å². The van der Waals surface area contributed by atoms with Gasteiger partial charge in [0.1, 0.15) is 5.54 Å². The van der Waals surface area contributed by atoms with Gasteiger partial charge in [0.2, 0.25) is 5.91 Å². The zero-order chi connectivity index (χ0) is 14.5. The van der Waals surface area contributed by atoms with E-state index in [9.17, 15) is 4.79 Å². The van der Waals surface area contributed by atoms with Crippen LogP contribution in [0.5, 0.6) is 0 Å². The van der Waals surface area contributed by atoms with Crippen molar-refractivity contribution in [2.75, 3.05) is 19.5 Å². The number of benzene rings is 1. The molecule has 1 aromatic carbocycles. The zero-order valence-electron chi connectivity index (χ0n) is 11.9. The molecule has 5 heteroatoms. The van der Waals surface area contributed by atoms with Crippen LogP contribution in [0.15, 0.2) is 24.3 Å². The van der Waals surface area contributed by atoms with Crippen LogP contribution in [0, 0.1) is 6.92 Å². The number of anilines is 1. The van der Waals surface area contributed by atoms with E-state index in [1.165, 1.54) is 14.2 Å². The predicted molar refractivity (Wildman–Crippen MR) is 74.8 cm³/mol. The van der Waals surface area contributed by atoms with Crippen LogP contribution in [-0.2, 0) is 14.3 Å². The molecule has 0 bridgehead atoms. The summed E-state index contributed by atoms with van der Waals surface area (Å²) in [5, 5.41) is 3.15. The molecule has 1 amide bonds. The van der Waals surface area contributed by atoms with Crippen LogP contribution in [0.2, 0.25) is 0 Å². The van der Waals surface area contributed by atoms with Crippen LogP contribution in [0.25, 0.3) is 0 Å². The van der Waals surface area contributed by atoms with E-state index in [1.54, 1.807) is 6.92 Å². The summed E-state index contributed by atoms with van der Waals surface area (Å²) in [6, 6.07) is 7.75. The monoisotopic (exact) mass is 266 g/mol. The minimum atomic E-state index is -0.939. The Kier molecular flexibility index (Phi) is 5.32. The number of hydrogen-bond donors (Lipinski definition) is 2. The summed E-state index contributed by atoms with van der Waals surface area (Å²) in [6.07, 6.45) is -0.168. The van der Waals surface area contributed by atoms with Crippen molar-refractivity contribution in [3.05, 3.63) is 29.8 Å². The molecule has 1 aromatic rings. The highest BCUT2D eigenvalue weighted by atomic mass is 16.7. The van der Waals surface area contributed by atoms with E-state index in [2.05, 4.69) is 5.32 Å². The Labute approximate surface area is 114 Å². The maximum absolute atomic E-state index is 11.7. The third-order valence-electron chi connectivity index (χ3n) is 3.12. The van der Waals surface area contributed by atoms with Crippen molar-refractivity contribution in [3.63, 3.8) is 0 Å². The molecule has 106 valence electrons. The van der Waals surface area contributed by atoms with Crippen molar-refractivity contribution in [1.29, 1.82) is 0 Å². The van der Waals surface area contributed by atoms with Gasteiger partial charge in [0.05, 0.1) is 0 Å². The molecule has 0 heterocycles. The molecule has 0 saturated heterocycles. The minimum absolute atomic E-state index is 0.323. The summed E-state index contributed by atoms with van der Waals surface area (Å²) in [4.78, 5) is 11.7. The van der Waals surface area contributed by atoms with Gasteiger partial charge >= 0.3 is 0 Å². The van der Waals surface area contributed by atoms with Gasteiger partial charge in [-0.15, -0.1) is 0 Å². The van der Waals surface area contributed by atoms with Crippen molar-refractivity contribution in [2.24, 2.45) is 5.73 Å². The number of ether oxygens (including phenoxy) is 2. The lowest BCUT2D eigenvalue weighted by molar-refractivity contribution is -0.134. The topological polar surface area (TPSA) is 73.6 Å². The van der Waals surface area contributed by atoms with Crippen LogP contribution in [0.3, 0.4) is 0 Å². The van der Waals surface area contributed by atoms with E-state index in [0.29, 0.717) is 6.42 Å². The molecule has 5 nitrogen and oxygen atoms in total. The molecule has 0 aliphatic heterocycles. The summed E-state index contributed by atoms with van der Waals surface area (Å²) in [6.45, 7) is 3.74. The Morgan fingerprint density at radius 2 is 1.84 bits per heavy atom. The van der Waals surface area contributed by atoms with Gasteiger partial charge in [-0.3, -0.25) is 4.79 Å². The summed E-state index contributed by atoms with van der Waals surface area (Å²) >= 11 is 0. The van der Waals surface area contributed by atoms with E-state index in [4.69, 9.17) is 15.2 Å². The Morgan fingerprint density at radius 1 is 1.32 bits per heavy atom. The molecule has 0 radical (unpaired) electrons. The third-order valence-corrected chi connectivity index (χ3v) is 3.12. The third kappa shape index (κ3) is 4.22. The van der Waals surface area contributed by atoms with E-state index >= 15 is 0 Å². The van der Waals surface area contributed by atoms with Gasteiger partial charge in [0.25, 0.3) is 0 Å². The number of methoxy groups -OCH3 is 2. The number of hydrogen-bond acceptors (Lipinski definition) is 4. The van der Waals surface area contributed by atoms with Crippen LogP contribution >= 0.6 is 0 Å². The normalized spacial score (nSPS) is 14.2. The van der Waals surface area contributed by atoms with Gasteiger partial charge in [0, 0.05) is 26.3 Å². The molecule has 0 fully saturated rings. The van der Waals surface area contributed by atoms with Gasteiger partial charge in [-0.2, -0.15) is 0 Å².